The van der Waals surface area contributed by atoms with Crippen molar-refractivity contribution in [2.75, 3.05) is 23.9 Å². The van der Waals surface area contributed by atoms with E-state index in [0.717, 1.165) is 11.7 Å². The Hall–Kier alpha value is 1.47. The monoisotopic (exact) mass is 396 g/mol. The molecule has 0 atom stereocenters. The topological polar surface area (TPSA) is 9.23 Å². The lowest BCUT2D eigenvalue weighted by atomic mass is 10.5. The smallest absolute Gasteiger partial charge is 0.173 e. The molecule has 2 saturated heterocycles. The molecule has 0 aromatic rings. The first-order chi connectivity index (χ1) is 9.90. The molecule has 1 nitrogen and oxygen atoms in total. The first-order valence-corrected chi connectivity index (χ1v) is 12.6. The van der Waals surface area contributed by atoms with E-state index >= 15 is 0 Å². The Labute approximate surface area is 149 Å². The molecule has 4 aliphatic heterocycles. The largest absolute Gasteiger partial charge is 0.486 e. The van der Waals surface area contributed by atoms with Crippen LogP contribution in [0.25, 0.3) is 0 Å². The normalized spacial score (nSPS) is 27.2. The summed E-state index contributed by atoms with van der Waals surface area (Å²) < 4.78 is 13.2. The molecule has 8 heteroatoms. The third kappa shape index (κ3) is 3.21. The number of thioether (sulfide) groups is 7. The summed E-state index contributed by atoms with van der Waals surface area (Å²) in [5, 5.41) is 1.16. The van der Waals surface area contributed by atoms with Crippen LogP contribution in [0.5, 0.6) is 0 Å². The Kier molecular flexibility index (Phi) is 5.20. The van der Waals surface area contributed by atoms with Gasteiger partial charge in [-0.3, -0.25) is 0 Å². The van der Waals surface area contributed by atoms with Crippen molar-refractivity contribution in [1.29, 1.82) is 0 Å². The fourth-order valence-corrected chi connectivity index (χ4v) is 12.4. The molecule has 2 fully saturated rings. The molecule has 4 rings (SSSR count). The maximum Gasteiger partial charge on any atom is 0.173 e. The van der Waals surface area contributed by atoms with Crippen LogP contribution in [0.2, 0.25) is 0 Å². The fraction of sp³-hybridized carbons (Fsp3) is 0.500. The number of hydrogen-bond acceptors (Lipinski definition) is 8. The summed E-state index contributed by atoms with van der Waals surface area (Å²) in [7, 11) is 0. The zero-order valence-corrected chi connectivity index (χ0v) is 16.2. The van der Waals surface area contributed by atoms with Crippen molar-refractivity contribution < 1.29 is 4.74 Å². The predicted octanol–water partition coefficient (Wildman–Crippen LogP) is 6.35. The summed E-state index contributed by atoms with van der Waals surface area (Å²) in [6.07, 6.45) is 2.53. The van der Waals surface area contributed by atoms with Crippen LogP contribution in [0.3, 0.4) is 0 Å². The lowest BCUT2D eigenvalue weighted by Gasteiger charge is -2.18. The van der Waals surface area contributed by atoms with Gasteiger partial charge in [0.1, 0.15) is 4.24 Å². The minimum Gasteiger partial charge on any atom is -0.486 e. The second kappa shape index (κ2) is 6.93. The SMILES string of the molecule is C1COC(=C2SC3=C(S2)SC(=C2SCCCS2)S3)SC1. The highest BCUT2D eigenvalue weighted by molar-refractivity contribution is 8.49. The molecule has 4 heterocycles. The Morgan fingerprint density at radius 1 is 0.600 bits per heavy atom. The van der Waals surface area contributed by atoms with Crippen molar-refractivity contribution in [2.24, 2.45) is 0 Å². The van der Waals surface area contributed by atoms with E-state index in [1.54, 1.807) is 4.24 Å². The lowest BCUT2D eigenvalue weighted by molar-refractivity contribution is 0.233. The van der Waals surface area contributed by atoms with Gasteiger partial charge in [0.2, 0.25) is 0 Å². The molecule has 0 radical (unpaired) electrons. The van der Waals surface area contributed by atoms with E-state index in [9.17, 15) is 0 Å². The van der Waals surface area contributed by atoms with Gasteiger partial charge in [0.25, 0.3) is 0 Å². The molecule has 0 amide bonds. The lowest BCUT2D eigenvalue weighted by Crippen LogP contribution is -2.02. The Morgan fingerprint density at radius 2 is 1.20 bits per heavy atom. The maximum atomic E-state index is 5.81. The average Bonchev–Trinajstić information content (AvgIpc) is 3.08. The van der Waals surface area contributed by atoms with Crippen molar-refractivity contribution in [3.63, 3.8) is 0 Å². The molecule has 0 aromatic heterocycles. The number of hydrogen-bond donors (Lipinski definition) is 0. The molecule has 108 valence electrons. The first-order valence-electron chi connectivity index (χ1n) is 6.35. The molecular formula is C12H12OS7. The van der Waals surface area contributed by atoms with Gasteiger partial charge in [0.15, 0.2) is 5.09 Å². The van der Waals surface area contributed by atoms with Gasteiger partial charge in [-0.1, -0.05) is 58.8 Å². The summed E-state index contributed by atoms with van der Waals surface area (Å²) in [6.45, 7) is 0.889. The highest BCUT2D eigenvalue weighted by Crippen LogP contribution is 2.69. The minimum absolute atomic E-state index is 0.889. The van der Waals surface area contributed by atoms with Crippen LogP contribution in [-0.2, 0) is 4.74 Å². The number of ether oxygens (including phenoxy) is 1. The molecular weight excluding hydrogens is 385 g/mol. The second-order valence-electron chi connectivity index (χ2n) is 4.23. The van der Waals surface area contributed by atoms with E-state index in [1.165, 1.54) is 47.0 Å². The van der Waals surface area contributed by atoms with Crippen molar-refractivity contribution >= 4 is 82.3 Å². The second-order valence-corrected chi connectivity index (χ2v) is 12.9. The van der Waals surface area contributed by atoms with E-state index in [1.807, 2.05) is 82.3 Å². The molecule has 0 spiro atoms. The van der Waals surface area contributed by atoms with Gasteiger partial charge < -0.3 is 4.74 Å². The Morgan fingerprint density at radius 3 is 1.85 bits per heavy atom. The first kappa shape index (κ1) is 15.0. The summed E-state index contributed by atoms with van der Waals surface area (Å²) in [4.78, 5) is 0. The van der Waals surface area contributed by atoms with E-state index in [2.05, 4.69) is 0 Å². The zero-order chi connectivity index (χ0) is 13.4. The van der Waals surface area contributed by atoms with Crippen LogP contribution >= 0.6 is 82.3 Å². The van der Waals surface area contributed by atoms with Gasteiger partial charge >= 0.3 is 0 Å². The van der Waals surface area contributed by atoms with Crippen LogP contribution < -0.4 is 0 Å². The van der Waals surface area contributed by atoms with Crippen molar-refractivity contribution in [2.45, 2.75) is 12.8 Å². The fourth-order valence-electron chi connectivity index (χ4n) is 1.85. The van der Waals surface area contributed by atoms with Gasteiger partial charge in [0, 0.05) is 5.75 Å². The molecule has 0 bridgehead atoms. The Bertz CT molecular complexity index is 440. The summed E-state index contributed by atoms with van der Waals surface area (Å²) >= 11 is 13.8. The zero-order valence-electron chi connectivity index (χ0n) is 10.5. The van der Waals surface area contributed by atoms with Gasteiger partial charge in [-0.25, -0.2) is 0 Å². The van der Waals surface area contributed by atoms with Gasteiger partial charge in [0.05, 0.1) is 23.6 Å². The van der Waals surface area contributed by atoms with Crippen LogP contribution in [0.15, 0.2) is 26.3 Å². The van der Waals surface area contributed by atoms with E-state index in [4.69, 9.17) is 4.74 Å². The van der Waals surface area contributed by atoms with E-state index in [-0.39, 0.29) is 0 Å². The number of rotatable bonds is 0. The molecule has 4 aliphatic rings. The molecule has 0 aromatic carbocycles. The van der Waals surface area contributed by atoms with Gasteiger partial charge in [-0.2, -0.15) is 0 Å². The van der Waals surface area contributed by atoms with Crippen LogP contribution in [-0.4, -0.2) is 23.9 Å². The third-order valence-electron chi connectivity index (χ3n) is 2.75. The van der Waals surface area contributed by atoms with E-state index < -0.39 is 0 Å². The third-order valence-corrected chi connectivity index (χ3v) is 12.8. The molecule has 0 unspecified atom stereocenters. The standard InChI is InChI=1S/C12H12OS7/c1-3-13-7(14-4-1)8-17-11-12(18-8)20-10(19-11)9-15-5-2-6-16-9/h1-6H2. The van der Waals surface area contributed by atoms with Crippen LogP contribution in [0.1, 0.15) is 12.8 Å². The van der Waals surface area contributed by atoms with E-state index in [0.29, 0.717) is 0 Å². The van der Waals surface area contributed by atoms with Crippen LogP contribution in [0, 0.1) is 0 Å². The summed E-state index contributed by atoms with van der Waals surface area (Å²) in [5.74, 6) is 3.78. The molecule has 0 N–H and O–H groups in total. The van der Waals surface area contributed by atoms with Crippen LogP contribution in [0.4, 0.5) is 0 Å². The highest BCUT2D eigenvalue weighted by Gasteiger charge is 2.34. The summed E-state index contributed by atoms with van der Waals surface area (Å²) in [6, 6.07) is 0. The highest BCUT2D eigenvalue weighted by atomic mass is 32.3. The molecule has 0 aliphatic carbocycles. The van der Waals surface area contributed by atoms with Crippen molar-refractivity contribution in [1.82, 2.24) is 0 Å². The van der Waals surface area contributed by atoms with Crippen molar-refractivity contribution in [3.05, 3.63) is 26.3 Å². The maximum absolute atomic E-state index is 5.81. The quantitative estimate of drug-likeness (QED) is 0.462. The van der Waals surface area contributed by atoms with Gasteiger partial charge in [-0.05, 0) is 24.3 Å². The van der Waals surface area contributed by atoms with Gasteiger partial charge in [-0.15, -0.1) is 23.5 Å². The molecule has 20 heavy (non-hydrogen) atoms. The molecule has 0 saturated carbocycles. The summed E-state index contributed by atoms with van der Waals surface area (Å²) in [5.41, 5.74) is 0. The average molecular weight is 397 g/mol. The van der Waals surface area contributed by atoms with Crippen molar-refractivity contribution in [3.8, 4) is 0 Å². The minimum atomic E-state index is 0.889. The predicted molar refractivity (Wildman–Crippen MR) is 104 cm³/mol. The Balaban J connectivity index is 1.46.